The average molecular weight is 236 g/mol. The Labute approximate surface area is 88.8 Å². The molecule has 6 heteroatoms. The van der Waals surface area contributed by atoms with Crippen LogP contribution < -0.4 is 0 Å². The van der Waals surface area contributed by atoms with E-state index in [9.17, 15) is 22.4 Å². The number of ether oxygens (including phenoxy) is 1. The van der Waals surface area contributed by atoms with Gasteiger partial charge in [0.15, 0.2) is 0 Å². The van der Waals surface area contributed by atoms with E-state index < -0.39 is 23.5 Å². The second kappa shape index (κ2) is 4.51. The van der Waals surface area contributed by atoms with Crippen LogP contribution in [0.5, 0.6) is 0 Å². The van der Waals surface area contributed by atoms with Crippen molar-refractivity contribution in [1.29, 1.82) is 0 Å². The Morgan fingerprint density at radius 3 is 2.44 bits per heavy atom. The van der Waals surface area contributed by atoms with Gasteiger partial charge in [0.2, 0.25) is 0 Å². The van der Waals surface area contributed by atoms with Crippen molar-refractivity contribution in [3.8, 4) is 0 Å². The average Bonchev–Trinajstić information content (AvgIpc) is 2.16. The van der Waals surface area contributed by atoms with E-state index in [0.29, 0.717) is 12.1 Å². The molecule has 0 unspecified atom stereocenters. The van der Waals surface area contributed by atoms with Gasteiger partial charge in [-0.15, -0.1) is 0 Å². The first-order valence-corrected chi connectivity index (χ1v) is 4.40. The Morgan fingerprint density at radius 1 is 1.38 bits per heavy atom. The fourth-order valence-corrected chi connectivity index (χ4v) is 1.09. The van der Waals surface area contributed by atoms with Crippen LogP contribution in [0.4, 0.5) is 17.6 Å². The van der Waals surface area contributed by atoms with Gasteiger partial charge in [0.25, 0.3) is 0 Å². The highest BCUT2D eigenvalue weighted by molar-refractivity contribution is 5.89. The van der Waals surface area contributed by atoms with E-state index in [4.69, 9.17) is 0 Å². The summed E-state index contributed by atoms with van der Waals surface area (Å²) < 4.78 is 54.1. The minimum absolute atomic E-state index is 0.0709. The third-order valence-electron chi connectivity index (χ3n) is 1.79. The van der Waals surface area contributed by atoms with Crippen molar-refractivity contribution in [2.24, 2.45) is 0 Å². The van der Waals surface area contributed by atoms with Crippen LogP contribution in [0.2, 0.25) is 0 Å². The predicted octanol–water partition coefficient (Wildman–Crippen LogP) is 3.02. The summed E-state index contributed by atoms with van der Waals surface area (Å²) in [6, 6.07) is 1.91. The van der Waals surface area contributed by atoms with Gasteiger partial charge in [-0.25, -0.2) is 9.18 Å². The maximum Gasteiger partial charge on any atom is 0.419 e. The summed E-state index contributed by atoms with van der Waals surface area (Å²) in [7, 11) is 0. The van der Waals surface area contributed by atoms with Gasteiger partial charge in [0, 0.05) is 0 Å². The van der Waals surface area contributed by atoms with Crippen molar-refractivity contribution in [2.45, 2.75) is 13.1 Å². The van der Waals surface area contributed by atoms with Gasteiger partial charge in [-0.2, -0.15) is 13.2 Å². The quantitative estimate of drug-likeness (QED) is 0.582. The minimum Gasteiger partial charge on any atom is -0.462 e. The van der Waals surface area contributed by atoms with Crippen LogP contribution >= 0.6 is 0 Å². The molecule has 0 spiro atoms. The zero-order valence-corrected chi connectivity index (χ0v) is 8.27. The van der Waals surface area contributed by atoms with E-state index >= 15 is 0 Å². The Morgan fingerprint density at radius 2 is 2.00 bits per heavy atom. The molecule has 1 aromatic carbocycles. The lowest BCUT2D eigenvalue weighted by Gasteiger charge is -2.08. The molecular formula is C10H8F4O2. The van der Waals surface area contributed by atoms with Crippen LogP contribution in [-0.4, -0.2) is 12.6 Å². The van der Waals surface area contributed by atoms with E-state index in [1.165, 1.54) is 0 Å². The molecule has 0 heterocycles. The first kappa shape index (κ1) is 12.5. The van der Waals surface area contributed by atoms with Gasteiger partial charge in [-0.1, -0.05) is 0 Å². The van der Waals surface area contributed by atoms with Gasteiger partial charge in [-0.3, -0.25) is 0 Å². The Hall–Kier alpha value is -1.59. The van der Waals surface area contributed by atoms with E-state index in [-0.39, 0.29) is 12.2 Å². The Bertz CT molecular complexity index is 398. The fourth-order valence-electron chi connectivity index (χ4n) is 1.09. The molecule has 1 aromatic rings. The molecule has 16 heavy (non-hydrogen) atoms. The lowest BCUT2D eigenvalue weighted by Crippen LogP contribution is -2.11. The van der Waals surface area contributed by atoms with Crippen molar-refractivity contribution in [3.63, 3.8) is 0 Å². The molecule has 0 saturated carbocycles. The van der Waals surface area contributed by atoms with Gasteiger partial charge in [0.1, 0.15) is 5.82 Å². The SMILES string of the molecule is CCOC(=O)c1ccc(C(F)(F)F)c(F)c1. The van der Waals surface area contributed by atoms with Crippen LogP contribution in [0.15, 0.2) is 18.2 Å². The number of benzene rings is 1. The third kappa shape index (κ3) is 2.71. The standard InChI is InChI=1S/C10H8F4O2/c1-2-16-9(15)6-3-4-7(8(11)5-6)10(12,13)14/h3-5H,2H2,1H3. The molecule has 2 nitrogen and oxygen atoms in total. The fraction of sp³-hybridized carbons (Fsp3) is 0.300. The molecule has 0 aliphatic rings. The molecule has 0 aliphatic heterocycles. The number of alkyl halides is 3. The number of hydrogen-bond donors (Lipinski definition) is 0. The van der Waals surface area contributed by atoms with E-state index in [1.54, 1.807) is 6.92 Å². The molecule has 88 valence electrons. The van der Waals surface area contributed by atoms with Gasteiger partial charge < -0.3 is 4.74 Å². The van der Waals surface area contributed by atoms with E-state index in [2.05, 4.69) is 4.74 Å². The normalized spacial score (nSPS) is 11.3. The maximum absolute atomic E-state index is 13.0. The number of carbonyl (C=O) groups excluding carboxylic acids is 1. The minimum atomic E-state index is -4.77. The Kier molecular flexibility index (Phi) is 3.51. The zero-order valence-electron chi connectivity index (χ0n) is 8.27. The summed E-state index contributed by atoms with van der Waals surface area (Å²) >= 11 is 0. The monoisotopic (exact) mass is 236 g/mol. The van der Waals surface area contributed by atoms with Crippen LogP contribution in [0.25, 0.3) is 0 Å². The van der Waals surface area contributed by atoms with Gasteiger partial charge in [-0.05, 0) is 25.1 Å². The molecular weight excluding hydrogens is 228 g/mol. The summed E-state index contributed by atoms with van der Waals surface area (Å²) in [5, 5.41) is 0. The number of rotatable bonds is 2. The van der Waals surface area contributed by atoms with Crippen molar-refractivity contribution >= 4 is 5.97 Å². The van der Waals surface area contributed by atoms with Crippen molar-refractivity contribution in [2.75, 3.05) is 6.61 Å². The lowest BCUT2D eigenvalue weighted by molar-refractivity contribution is -0.140. The Balaban J connectivity index is 3.05. The van der Waals surface area contributed by atoms with Crippen molar-refractivity contribution in [3.05, 3.63) is 35.1 Å². The molecule has 0 aromatic heterocycles. The van der Waals surface area contributed by atoms with Gasteiger partial charge in [0.05, 0.1) is 17.7 Å². The lowest BCUT2D eigenvalue weighted by atomic mass is 10.1. The van der Waals surface area contributed by atoms with Crippen LogP contribution in [0, 0.1) is 5.82 Å². The molecule has 0 N–H and O–H groups in total. The maximum atomic E-state index is 13.0. The highest BCUT2D eigenvalue weighted by atomic mass is 19.4. The molecule has 1 rings (SSSR count). The summed E-state index contributed by atoms with van der Waals surface area (Å²) in [5.74, 6) is -2.34. The molecule has 0 bridgehead atoms. The van der Waals surface area contributed by atoms with Crippen LogP contribution in [-0.2, 0) is 10.9 Å². The molecule has 0 atom stereocenters. The van der Waals surface area contributed by atoms with Crippen LogP contribution in [0.3, 0.4) is 0 Å². The number of hydrogen-bond acceptors (Lipinski definition) is 2. The van der Waals surface area contributed by atoms with Crippen LogP contribution in [0.1, 0.15) is 22.8 Å². The van der Waals surface area contributed by atoms with Gasteiger partial charge >= 0.3 is 12.1 Å². The summed E-state index contributed by atoms with van der Waals surface area (Å²) in [4.78, 5) is 11.1. The topological polar surface area (TPSA) is 26.3 Å². The van der Waals surface area contributed by atoms with Crippen molar-refractivity contribution < 1.29 is 27.1 Å². The largest absolute Gasteiger partial charge is 0.462 e. The number of halogens is 4. The summed E-state index contributed by atoms with van der Waals surface area (Å²) in [6.07, 6.45) is -4.77. The molecule has 0 saturated heterocycles. The highest BCUT2D eigenvalue weighted by Crippen LogP contribution is 2.31. The molecule has 0 fully saturated rings. The number of esters is 1. The van der Waals surface area contributed by atoms with Crippen molar-refractivity contribution in [1.82, 2.24) is 0 Å². The molecule has 0 radical (unpaired) electrons. The highest BCUT2D eigenvalue weighted by Gasteiger charge is 2.34. The molecule has 0 aliphatic carbocycles. The second-order valence-corrected chi connectivity index (χ2v) is 2.91. The number of carbonyl (C=O) groups is 1. The third-order valence-corrected chi connectivity index (χ3v) is 1.79. The first-order chi connectivity index (χ1) is 7.36. The smallest absolute Gasteiger partial charge is 0.419 e. The predicted molar refractivity (Wildman–Crippen MR) is 47.4 cm³/mol. The van der Waals surface area contributed by atoms with E-state index in [1.807, 2.05) is 0 Å². The zero-order chi connectivity index (χ0) is 12.3. The summed E-state index contributed by atoms with van der Waals surface area (Å²) in [6.45, 7) is 1.61. The van der Waals surface area contributed by atoms with E-state index in [0.717, 1.165) is 6.07 Å². The second-order valence-electron chi connectivity index (χ2n) is 2.91. The first-order valence-electron chi connectivity index (χ1n) is 4.40. The summed E-state index contributed by atoms with van der Waals surface area (Å²) in [5.41, 5.74) is -1.65. The molecule has 0 amide bonds.